The molecule has 0 spiro atoms. The summed E-state index contributed by atoms with van der Waals surface area (Å²) in [4.78, 5) is 3.88. The topological polar surface area (TPSA) is 111 Å². The van der Waals surface area contributed by atoms with Crippen LogP contribution in [-0.4, -0.2) is 23.6 Å². The highest BCUT2D eigenvalue weighted by atomic mass is 32.2. The monoisotopic (exact) mass is 271 g/mol. The van der Waals surface area contributed by atoms with Crippen LogP contribution < -0.4 is 10.5 Å². The molecule has 3 N–H and O–H groups in total. The third kappa shape index (κ3) is 2.68. The van der Waals surface area contributed by atoms with Gasteiger partial charge in [-0.1, -0.05) is 11.3 Å². The van der Waals surface area contributed by atoms with Crippen molar-refractivity contribution in [3.63, 3.8) is 0 Å². The number of nitrogens with zero attached hydrogens (tertiary/aromatic N) is 3. The van der Waals surface area contributed by atoms with E-state index in [1.165, 1.54) is 6.20 Å². The van der Waals surface area contributed by atoms with Gasteiger partial charge in [-0.25, -0.2) is 0 Å². The minimum absolute atomic E-state index is 0.104. The normalized spacial score (nSPS) is 11.4. The zero-order valence-corrected chi connectivity index (χ0v) is 10.4. The molecule has 0 bridgehead atoms. The summed E-state index contributed by atoms with van der Waals surface area (Å²) in [5.74, 6) is 0. The summed E-state index contributed by atoms with van der Waals surface area (Å²) in [7, 11) is -3.73. The number of anilines is 2. The Morgan fingerprint density at radius 3 is 2.71 bits per heavy atom. The second kappa shape index (κ2) is 4.26. The quantitative estimate of drug-likeness (QED) is 0.846. The number of hydrogen-bond donors (Lipinski definition) is 2. The summed E-state index contributed by atoms with van der Waals surface area (Å²) in [6.45, 7) is 1.81. The summed E-state index contributed by atoms with van der Waals surface area (Å²) in [5.41, 5.74) is 6.56. The average molecular weight is 271 g/mol. The Hall–Kier alpha value is -1.74. The van der Waals surface area contributed by atoms with Crippen LogP contribution in [0, 0.1) is 6.92 Å². The van der Waals surface area contributed by atoms with E-state index in [4.69, 9.17) is 5.73 Å². The van der Waals surface area contributed by atoms with Crippen LogP contribution in [0.15, 0.2) is 22.8 Å². The second-order valence-corrected chi connectivity index (χ2v) is 6.13. The van der Waals surface area contributed by atoms with Gasteiger partial charge in [-0.15, -0.1) is 10.2 Å². The molecule has 0 aliphatic rings. The van der Waals surface area contributed by atoms with Crippen LogP contribution in [0.5, 0.6) is 0 Å². The lowest BCUT2D eigenvalue weighted by atomic mass is 10.3. The van der Waals surface area contributed by atoms with E-state index < -0.39 is 10.0 Å². The Bertz CT molecular complexity index is 637. The van der Waals surface area contributed by atoms with Gasteiger partial charge in [0, 0.05) is 6.20 Å². The molecule has 2 rings (SSSR count). The lowest BCUT2D eigenvalue weighted by Crippen LogP contribution is -2.13. The molecule has 0 unspecified atom stereocenters. The summed E-state index contributed by atoms with van der Waals surface area (Å²) in [5, 5.41) is 7.04. The van der Waals surface area contributed by atoms with Crippen molar-refractivity contribution in [2.24, 2.45) is 0 Å². The maximum Gasteiger partial charge on any atom is 0.291 e. The molecular weight excluding hydrogens is 262 g/mol. The van der Waals surface area contributed by atoms with Crippen LogP contribution >= 0.6 is 11.3 Å². The van der Waals surface area contributed by atoms with E-state index in [0.717, 1.165) is 16.9 Å². The predicted molar refractivity (Wildman–Crippen MR) is 64.1 cm³/mol. The number of nitrogens with two attached hydrogens (primary N) is 1. The first-order valence-corrected chi connectivity index (χ1v) is 6.81. The lowest BCUT2D eigenvalue weighted by Gasteiger charge is -2.04. The number of hydrogen-bond acceptors (Lipinski definition) is 7. The molecule has 9 heteroatoms. The average Bonchev–Trinajstić information content (AvgIpc) is 2.65. The summed E-state index contributed by atoms with van der Waals surface area (Å²) >= 11 is 0.803. The molecule has 0 atom stereocenters. The van der Waals surface area contributed by atoms with Gasteiger partial charge < -0.3 is 5.73 Å². The zero-order chi connectivity index (χ0) is 12.5. The molecule has 2 aromatic heterocycles. The van der Waals surface area contributed by atoms with Crippen molar-refractivity contribution in [1.82, 2.24) is 15.2 Å². The first-order chi connectivity index (χ1) is 7.97. The summed E-state index contributed by atoms with van der Waals surface area (Å²) in [6, 6.07) is 1.66. The van der Waals surface area contributed by atoms with Crippen LogP contribution in [-0.2, 0) is 10.0 Å². The highest BCUT2D eigenvalue weighted by Crippen LogP contribution is 2.20. The molecule has 0 aliphatic carbocycles. The standard InChI is InChI=1S/C8H9N5O2S2/c1-5-2-6(4-10-3-5)13-17(14,15)8-12-11-7(9)16-8/h2-4,13H,1H3,(H2,9,11). The lowest BCUT2D eigenvalue weighted by molar-refractivity contribution is 0.599. The van der Waals surface area contributed by atoms with Crippen molar-refractivity contribution in [2.75, 3.05) is 10.5 Å². The maximum absolute atomic E-state index is 11.8. The number of sulfonamides is 1. The Morgan fingerprint density at radius 2 is 2.12 bits per heavy atom. The summed E-state index contributed by atoms with van der Waals surface area (Å²) in [6.07, 6.45) is 3.04. The molecule has 0 aliphatic heterocycles. The van der Waals surface area contributed by atoms with Gasteiger partial charge in [-0.05, 0) is 18.6 Å². The fraction of sp³-hybridized carbons (Fsp3) is 0.125. The van der Waals surface area contributed by atoms with E-state index in [9.17, 15) is 8.42 Å². The fourth-order valence-electron chi connectivity index (χ4n) is 1.14. The van der Waals surface area contributed by atoms with E-state index in [0.29, 0.717) is 5.69 Å². The minimum Gasteiger partial charge on any atom is -0.374 e. The largest absolute Gasteiger partial charge is 0.374 e. The first-order valence-electron chi connectivity index (χ1n) is 4.51. The molecule has 2 aromatic rings. The molecule has 7 nitrogen and oxygen atoms in total. The molecule has 2 heterocycles. The molecule has 0 amide bonds. The van der Waals surface area contributed by atoms with E-state index in [1.54, 1.807) is 12.3 Å². The minimum atomic E-state index is -3.73. The van der Waals surface area contributed by atoms with Crippen molar-refractivity contribution in [3.8, 4) is 0 Å². The second-order valence-electron chi connectivity index (χ2n) is 3.26. The highest BCUT2D eigenvalue weighted by molar-refractivity contribution is 7.94. The zero-order valence-electron chi connectivity index (χ0n) is 8.78. The highest BCUT2D eigenvalue weighted by Gasteiger charge is 2.19. The smallest absolute Gasteiger partial charge is 0.291 e. The van der Waals surface area contributed by atoms with Crippen LogP contribution in [0.2, 0.25) is 0 Å². The van der Waals surface area contributed by atoms with Gasteiger partial charge in [0.05, 0.1) is 11.9 Å². The predicted octanol–water partition coefficient (Wildman–Crippen LogP) is 0.625. The van der Waals surface area contributed by atoms with Gasteiger partial charge in [0.15, 0.2) is 0 Å². The van der Waals surface area contributed by atoms with Gasteiger partial charge >= 0.3 is 0 Å². The van der Waals surface area contributed by atoms with Gasteiger partial charge in [-0.3, -0.25) is 9.71 Å². The van der Waals surface area contributed by atoms with Crippen LogP contribution in [0.25, 0.3) is 0 Å². The van der Waals surface area contributed by atoms with Gasteiger partial charge in [-0.2, -0.15) is 8.42 Å². The van der Waals surface area contributed by atoms with Crippen molar-refractivity contribution < 1.29 is 8.42 Å². The van der Waals surface area contributed by atoms with Crippen molar-refractivity contribution >= 4 is 32.2 Å². The Labute approximate surface area is 102 Å². The van der Waals surface area contributed by atoms with Gasteiger partial charge in [0.1, 0.15) is 0 Å². The van der Waals surface area contributed by atoms with E-state index in [1.807, 2.05) is 6.92 Å². The molecule has 0 radical (unpaired) electrons. The maximum atomic E-state index is 11.8. The van der Waals surface area contributed by atoms with Gasteiger partial charge in [0.2, 0.25) is 5.13 Å². The van der Waals surface area contributed by atoms with Crippen LogP contribution in [0.3, 0.4) is 0 Å². The number of aryl methyl sites for hydroxylation is 1. The van der Waals surface area contributed by atoms with E-state index in [-0.39, 0.29) is 9.47 Å². The van der Waals surface area contributed by atoms with Crippen LogP contribution in [0.4, 0.5) is 10.8 Å². The van der Waals surface area contributed by atoms with Gasteiger partial charge in [0.25, 0.3) is 14.4 Å². The van der Waals surface area contributed by atoms with Crippen molar-refractivity contribution in [3.05, 3.63) is 24.0 Å². The number of pyridine rings is 1. The van der Waals surface area contributed by atoms with E-state index >= 15 is 0 Å². The molecular formula is C8H9N5O2S2. The Kier molecular flexibility index (Phi) is 2.94. The molecule has 0 aromatic carbocycles. The van der Waals surface area contributed by atoms with Crippen molar-refractivity contribution in [1.29, 1.82) is 0 Å². The van der Waals surface area contributed by atoms with Crippen molar-refractivity contribution in [2.45, 2.75) is 11.3 Å². The molecule has 0 saturated carbocycles. The third-order valence-corrected chi connectivity index (χ3v) is 4.28. The number of aromatic nitrogens is 3. The fourth-order valence-corrected chi connectivity index (χ4v) is 2.96. The SMILES string of the molecule is Cc1cncc(NS(=O)(=O)c2nnc(N)s2)c1. The molecule has 0 saturated heterocycles. The molecule has 17 heavy (non-hydrogen) atoms. The number of rotatable bonds is 3. The first kappa shape index (κ1) is 11.7. The Morgan fingerprint density at radius 1 is 1.35 bits per heavy atom. The third-order valence-electron chi connectivity index (χ3n) is 1.78. The van der Waals surface area contributed by atoms with E-state index in [2.05, 4.69) is 19.9 Å². The molecule has 90 valence electrons. The Balaban J connectivity index is 2.29. The molecule has 0 fully saturated rings. The number of nitrogens with one attached hydrogen (secondary N) is 1. The van der Waals surface area contributed by atoms with Crippen LogP contribution in [0.1, 0.15) is 5.56 Å². The number of nitrogen functional groups attached to an aromatic ring is 1. The summed E-state index contributed by atoms with van der Waals surface area (Å²) < 4.78 is 25.9.